The highest BCUT2D eigenvalue weighted by Gasteiger charge is 2.22. The topological polar surface area (TPSA) is 107 Å². The number of ether oxygens (including phenoxy) is 2. The Hall–Kier alpha value is -3.72. The number of carbonyl (C=O) groups is 2. The molecule has 0 atom stereocenters. The molecule has 0 fully saturated rings. The molecule has 0 spiro atoms. The molecule has 32 heavy (non-hydrogen) atoms. The SMILES string of the molecule is COCCN(CCC(=O)NCc1ccccn1)C(=O)c1cc(-c2ccccc2OC)on1. The van der Waals surface area contributed by atoms with Crippen LogP contribution in [0.1, 0.15) is 22.6 Å². The van der Waals surface area contributed by atoms with Crippen LogP contribution in [0.15, 0.2) is 59.3 Å². The van der Waals surface area contributed by atoms with Gasteiger partial charge in [0, 0.05) is 38.9 Å². The number of pyridine rings is 1. The molecule has 2 aromatic heterocycles. The summed E-state index contributed by atoms with van der Waals surface area (Å²) in [4.78, 5) is 31.0. The van der Waals surface area contributed by atoms with Crippen molar-refractivity contribution in [2.45, 2.75) is 13.0 Å². The van der Waals surface area contributed by atoms with Crippen LogP contribution in [-0.2, 0) is 16.1 Å². The molecule has 168 valence electrons. The van der Waals surface area contributed by atoms with Gasteiger partial charge in [0.1, 0.15) is 5.75 Å². The van der Waals surface area contributed by atoms with Crippen molar-refractivity contribution in [1.82, 2.24) is 20.4 Å². The molecule has 9 heteroatoms. The fourth-order valence-electron chi connectivity index (χ4n) is 3.05. The molecule has 0 bridgehead atoms. The van der Waals surface area contributed by atoms with Crippen LogP contribution in [0.2, 0.25) is 0 Å². The molecule has 2 amide bonds. The lowest BCUT2D eigenvalue weighted by atomic mass is 10.1. The predicted octanol–water partition coefficient (Wildman–Crippen LogP) is 2.54. The van der Waals surface area contributed by atoms with Gasteiger partial charge in [-0.2, -0.15) is 0 Å². The Morgan fingerprint density at radius 1 is 1.09 bits per heavy atom. The van der Waals surface area contributed by atoms with Gasteiger partial charge in [-0.3, -0.25) is 14.6 Å². The first-order valence-corrected chi connectivity index (χ1v) is 10.2. The summed E-state index contributed by atoms with van der Waals surface area (Å²) in [6.45, 7) is 1.20. The number of rotatable bonds is 11. The van der Waals surface area contributed by atoms with E-state index in [0.717, 1.165) is 5.69 Å². The number of amides is 2. The van der Waals surface area contributed by atoms with Gasteiger partial charge in [0.2, 0.25) is 5.91 Å². The Labute approximate surface area is 186 Å². The molecule has 0 saturated heterocycles. The minimum absolute atomic E-state index is 0.138. The number of nitrogens with one attached hydrogen (secondary N) is 1. The molecule has 0 unspecified atom stereocenters. The zero-order valence-electron chi connectivity index (χ0n) is 18.1. The Balaban J connectivity index is 1.63. The van der Waals surface area contributed by atoms with Crippen LogP contribution in [0, 0.1) is 0 Å². The Kier molecular flexibility index (Phi) is 8.33. The lowest BCUT2D eigenvalue weighted by molar-refractivity contribution is -0.121. The van der Waals surface area contributed by atoms with Crippen molar-refractivity contribution in [3.63, 3.8) is 0 Å². The fraction of sp³-hybridized carbons (Fsp3) is 0.304. The number of hydrogen-bond donors (Lipinski definition) is 1. The van der Waals surface area contributed by atoms with E-state index in [9.17, 15) is 9.59 Å². The van der Waals surface area contributed by atoms with E-state index >= 15 is 0 Å². The number of aromatic nitrogens is 2. The van der Waals surface area contributed by atoms with Gasteiger partial charge >= 0.3 is 0 Å². The van der Waals surface area contributed by atoms with E-state index in [1.54, 1.807) is 32.5 Å². The molecule has 0 aliphatic carbocycles. The van der Waals surface area contributed by atoms with E-state index in [-0.39, 0.29) is 30.5 Å². The maximum absolute atomic E-state index is 13.0. The maximum atomic E-state index is 13.0. The molecule has 0 aliphatic heterocycles. The molecular weight excluding hydrogens is 412 g/mol. The van der Waals surface area contributed by atoms with Gasteiger partial charge in [-0.15, -0.1) is 0 Å². The second-order valence-corrected chi connectivity index (χ2v) is 6.91. The van der Waals surface area contributed by atoms with Crippen LogP contribution in [0.3, 0.4) is 0 Å². The van der Waals surface area contributed by atoms with Crippen LogP contribution >= 0.6 is 0 Å². The van der Waals surface area contributed by atoms with Gasteiger partial charge in [-0.1, -0.05) is 23.4 Å². The van der Waals surface area contributed by atoms with E-state index in [4.69, 9.17) is 14.0 Å². The van der Waals surface area contributed by atoms with Crippen molar-refractivity contribution in [1.29, 1.82) is 0 Å². The van der Waals surface area contributed by atoms with Gasteiger partial charge in [-0.25, -0.2) is 0 Å². The summed E-state index contributed by atoms with van der Waals surface area (Å²) < 4.78 is 15.8. The Morgan fingerprint density at radius 2 is 1.91 bits per heavy atom. The van der Waals surface area contributed by atoms with Gasteiger partial charge in [0.05, 0.1) is 31.5 Å². The molecule has 1 N–H and O–H groups in total. The van der Waals surface area contributed by atoms with E-state index in [1.165, 1.54) is 4.90 Å². The largest absolute Gasteiger partial charge is 0.496 e. The lowest BCUT2D eigenvalue weighted by Gasteiger charge is -2.21. The van der Waals surface area contributed by atoms with Gasteiger partial charge in [0.25, 0.3) is 5.91 Å². The third-order valence-corrected chi connectivity index (χ3v) is 4.76. The minimum Gasteiger partial charge on any atom is -0.496 e. The number of carbonyl (C=O) groups excluding carboxylic acids is 2. The van der Waals surface area contributed by atoms with Crippen molar-refractivity contribution in [3.05, 3.63) is 66.1 Å². The highest BCUT2D eigenvalue weighted by molar-refractivity contribution is 5.93. The molecule has 1 aromatic carbocycles. The standard InChI is InChI=1S/C23H26N4O5/c1-30-14-13-27(12-10-22(28)25-16-17-7-5-6-11-24-17)23(29)19-15-21(32-26-19)18-8-3-4-9-20(18)31-2/h3-9,11,15H,10,12-14,16H2,1-2H3,(H,25,28). The van der Waals surface area contributed by atoms with Crippen LogP contribution in [-0.4, -0.2) is 60.8 Å². The van der Waals surface area contributed by atoms with Gasteiger partial charge in [-0.05, 0) is 24.3 Å². The molecule has 0 radical (unpaired) electrons. The van der Waals surface area contributed by atoms with Crippen LogP contribution in [0.25, 0.3) is 11.3 Å². The summed E-state index contributed by atoms with van der Waals surface area (Å²) in [6.07, 6.45) is 1.81. The molecule has 9 nitrogen and oxygen atoms in total. The van der Waals surface area contributed by atoms with Gasteiger partial charge in [0.15, 0.2) is 11.5 Å². The number of benzene rings is 1. The highest BCUT2D eigenvalue weighted by atomic mass is 16.5. The number of para-hydroxylation sites is 1. The van der Waals surface area contributed by atoms with Crippen LogP contribution < -0.4 is 10.1 Å². The zero-order valence-corrected chi connectivity index (χ0v) is 18.1. The highest BCUT2D eigenvalue weighted by Crippen LogP contribution is 2.30. The minimum atomic E-state index is -0.343. The number of methoxy groups -OCH3 is 2. The lowest BCUT2D eigenvalue weighted by Crippen LogP contribution is -2.37. The van der Waals surface area contributed by atoms with Crippen molar-refractivity contribution in [2.24, 2.45) is 0 Å². The zero-order chi connectivity index (χ0) is 22.8. The van der Waals surface area contributed by atoms with E-state index < -0.39 is 0 Å². The number of nitrogens with zero attached hydrogens (tertiary/aromatic N) is 3. The van der Waals surface area contributed by atoms with Crippen molar-refractivity contribution in [2.75, 3.05) is 33.9 Å². The normalized spacial score (nSPS) is 10.6. The smallest absolute Gasteiger partial charge is 0.276 e. The summed E-state index contributed by atoms with van der Waals surface area (Å²) >= 11 is 0. The maximum Gasteiger partial charge on any atom is 0.276 e. The fourth-order valence-corrected chi connectivity index (χ4v) is 3.05. The monoisotopic (exact) mass is 438 g/mol. The number of hydrogen-bond acceptors (Lipinski definition) is 7. The molecular formula is C23H26N4O5. The Morgan fingerprint density at radius 3 is 2.66 bits per heavy atom. The second-order valence-electron chi connectivity index (χ2n) is 6.91. The van der Waals surface area contributed by atoms with E-state index in [2.05, 4.69) is 15.5 Å². The summed E-state index contributed by atoms with van der Waals surface area (Å²) in [5.41, 5.74) is 1.61. The third-order valence-electron chi connectivity index (χ3n) is 4.76. The molecule has 0 saturated carbocycles. The molecule has 3 aromatic rings. The predicted molar refractivity (Wildman–Crippen MR) is 117 cm³/mol. The molecule has 3 rings (SSSR count). The average Bonchev–Trinajstić information content (AvgIpc) is 3.33. The van der Waals surface area contributed by atoms with Crippen LogP contribution in [0.5, 0.6) is 5.75 Å². The molecule has 0 aliphatic rings. The first-order valence-electron chi connectivity index (χ1n) is 10.2. The summed E-state index contributed by atoms with van der Waals surface area (Å²) in [5, 5.41) is 6.74. The average molecular weight is 438 g/mol. The molecule has 2 heterocycles. The Bertz CT molecular complexity index is 1020. The first kappa shape index (κ1) is 23.0. The van der Waals surface area contributed by atoms with E-state index in [1.807, 2.05) is 36.4 Å². The summed E-state index contributed by atoms with van der Waals surface area (Å²) in [6, 6.07) is 14.4. The van der Waals surface area contributed by atoms with Gasteiger partial charge < -0.3 is 24.2 Å². The second kappa shape index (κ2) is 11.6. The third kappa shape index (κ3) is 6.14. The van der Waals surface area contributed by atoms with Crippen molar-refractivity contribution >= 4 is 11.8 Å². The first-order chi connectivity index (χ1) is 15.6. The van der Waals surface area contributed by atoms with Crippen molar-refractivity contribution < 1.29 is 23.6 Å². The summed E-state index contributed by atoms with van der Waals surface area (Å²) in [7, 11) is 3.12. The summed E-state index contributed by atoms with van der Waals surface area (Å²) in [5.74, 6) is 0.513. The van der Waals surface area contributed by atoms with Crippen LogP contribution in [0.4, 0.5) is 0 Å². The van der Waals surface area contributed by atoms with Crippen molar-refractivity contribution in [3.8, 4) is 17.1 Å². The quantitative estimate of drug-likeness (QED) is 0.490. The van der Waals surface area contributed by atoms with E-state index in [0.29, 0.717) is 36.8 Å².